The van der Waals surface area contributed by atoms with E-state index in [0.29, 0.717) is 0 Å². The van der Waals surface area contributed by atoms with Gasteiger partial charge in [0.15, 0.2) is 0 Å². The van der Waals surface area contributed by atoms with E-state index in [4.69, 9.17) is 15.3 Å². The van der Waals surface area contributed by atoms with Crippen molar-refractivity contribution in [2.75, 3.05) is 0 Å². The monoisotopic (exact) mass is 102 g/mol. The molecule has 0 aliphatic rings. The summed E-state index contributed by atoms with van der Waals surface area (Å²) < 4.78 is 0. The zero-order valence-electron chi connectivity index (χ0n) is 2.84. The molecule has 0 fully saturated rings. The molecule has 0 aromatic rings. The Kier molecular flexibility index (Phi) is 10.7. The van der Waals surface area contributed by atoms with Gasteiger partial charge in [-0.1, -0.05) is 0 Å². The SMILES string of the molecule is O[C-](O)O.[K+]. The van der Waals surface area contributed by atoms with Crippen LogP contribution in [0, 0.1) is 6.48 Å². The zero-order chi connectivity index (χ0) is 3.58. The standard InChI is InChI=1S/CH3O3.K/c2-1(3)4;/h2-4H;/q-1;+1. The Morgan fingerprint density at radius 1 is 1.00 bits per heavy atom. The number of aliphatic hydroxyl groups excluding tert-OH is 1. The van der Waals surface area contributed by atoms with Crippen LogP contribution in [-0.4, -0.2) is 15.3 Å². The van der Waals surface area contributed by atoms with Gasteiger partial charge in [0.25, 0.3) is 0 Å². The molecular weight excluding hydrogens is 99.1 g/mol. The average molecular weight is 102 g/mol. The number of aliphatic hydroxyl groups is 3. The van der Waals surface area contributed by atoms with Crippen LogP contribution in [0.5, 0.6) is 0 Å². The average Bonchev–Trinajstić information content (AvgIpc) is 0.811. The summed E-state index contributed by atoms with van der Waals surface area (Å²) in [4.78, 5) is 0. The van der Waals surface area contributed by atoms with Crippen LogP contribution in [0.4, 0.5) is 0 Å². The Balaban J connectivity index is 0. The summed E-state index contributed by atoms with van der Waals surface area (Å²) in [6.07, 6.45) is 0. The maximum absolute atomic E-state index is 7.08. The van der Waals surface area contributed by atoms with Crippen LogP contribution in [0.1, 0.15) is 0 Å². The van der Waals surface area contributed by atoms with E-state index in [2.05, 4.69) is 0 Å². The molecule has 3 N–H and O–H groups in total. The number of hydrogen-bond acceptors (Lipinski definition) is 3. The third kappa shape index (κ3) is 29.7. The molecule has 0 atom stereocenters. The number of hydrogen-bond donors (Lipinski definition) is 3. The van der Waals surface area contributed by atoms with E-state index in [1.807, 2.05) is 0 Å². The van der Waals surface area contributed by atoms with E-state index < -0.39 is 6.48 Å². The van der Waals surface area contributed by atoms with Gasteiger partial charge in [-0.15, -0.1) is 0 Å². The molecule has 4 heteroatoms. The molecule has 0 amide bonds. The van der Waals surface area contributed by atoms with Crippen LogP contribution in [0.2, 0.25) is 0 Å². The van der Waals surface area contributed by atoms with Crippen molar-refractivity contribution >= 4 is 0 Å². The van der Waals surface area contributed by atoms with Crippen LogP contribution in [0.15, 0.2) is 0 Å². The minimum absolute atomic E-state index is 0. The van der Waals surface area contributed by atoms with Crippen LogP contribution >= 0.6 is 0 Å². The maximum atomic E-state index is 7.08. The van der Waals surface area contributed by atoms with Gasteiger partial charge in [0, 0.05) is 6.48 Å². The van der Waals surface area contributed by atoms with Gasteiger partial charge in [-0.25, -0.2) is 0 Å². The Hall–Kier alpha value is 1.52. The maximum Gasteiger partial charge on any atom is 1.00 e. The van der Waals surface area contributed by atoms with Crippen molar-refractivity contribution in [2.24, 2.45) is 0 Å². The molecule has 0 aromatic heterocycles. The molecule has 0 saturated heterocycles. The summed E-state index contributed by atoms with van der Waals surface area (Å²) in [6, 6.07) is 0. The van der Waals surface area contributed by atoms with Crippen molar-refractivity contribution in [1.82, 2.24) is 0 Å². The van der Waals surface area contributed by atoms with E-state index in [-0.39, 0.29) is 51.4 Å². The smallest absolute Gasteiger partial charge is 0.511 e. The van der Waals surface area contributed by atoms with Gasteiger partial charge in [0.1, 0.15) is 0 Å². The van der Waals surface area contributed by atoms with Crippen LogP contribution in [0.3, 0.4) is 0 Å². The van der Waals surface area contributed by atoms with Crippen molar-refractivity contribution in [2.45, 2.75) is 0 Å². The van der Waals surface area contributed by atoms with E-state index in [1.165, 1.54) is 0 Å². The predicted molar refractivity (Wildman–Crippen MR) is 9.05 cm³/mol. The second kappa shape index (κ2) is 5.52. The molecule has 0 radical (unpaired) electrons. The van der Waals surface area contributed by atoms with Crippen LogP contribution in [0.25, 0.3) is 0 Å². The molecule has 0 aliphatic heterocycles. The molecule has 0 aliphatic carbocycles. The molecule has 0 saturated carbocycles. The van der Waals surface area contributed by atoms with E-state index in [1.54, 1.807) is 0 Å². The fourth-order valence-corrected chi connectivity index (χ4v) is 0. The molecular formula is CH3KO3. The molecule has 0 aromatic carbocycles. The topological polar surface area (TPSA) is 60.7 Å². The van der Waals surface area contributed by atoms with Gasteiger partial charge in [0.05, 0.1) is 0 Å². The molecule has 26 valence electrons. The third-order valence-corrected chi connectivity index (χ3v) is 0. The number of rotatable bonds is 0. The van der Waals surface area contributed by atoms with Crippen molar-refractivity contribution in [1.29, 1.82) is 0 Å². The Morgan fingerprint density at radius 3 is 1.00 bits per heavy atom. The van der Waals surface area contributed by atoms with Crippen molar-refractivity contribution in [3.63, 3.8) is 0 Å². The predicted octanol–water partition coefficient (Wildman–Crippen LogP) is -3.45. The summed E-state index contributed by atoms with van der Waals surface area (Å²) in [6.45, 7) is -1.58. The Bertz CT molecular complexity index is 11.6. The molecule has 0 heterocycles. The second-order valence-corrected chi connectivity index (χ2v) is 0.300. The summed E-state index contributed by atoms with van der Waals surface area (Å²) in [5, 5.41) is 21.2. The summed E-state index contributed by atoms with van der Waals surface area (Å²) >= 11 is 0. The second-order valence-electron chi connectivity index (χ2n) is 0.300. The summed E-state index contributed by atoms with van der Waals surface area (Å²) in [5.74, 6) is 0. The molecule has 0 spiro atoms. The van der Waals surface area contributed by atoms with E-state index >= 15 is 0 Å². The molecule has 0 rings (SSSR count). The van der Waals surface area contributed by atoms with Crippen molar-refractivity contribution < 1.29 is 66.7 Å². The summed E-state index contributed by atoms with van der Waals surface area (Å²) in [7, 11) is 0. The van der Waals surface area contributed by atoms with E-state index in [0.717, 1.165) is 0 Å². The van der Waals surface area contributed by atoms with Gasteiger partial charge < -0.3 is 15.3 Å². The fourth-order valence-electron chi connectivity index (χ4n) is 0. The molecule has 0 unspecified atom stereocenters. The van der Waals surface area contributed by atoms with Gasteiger partial charge in [0.2, 0.25) is 0 Å². The normalized spacial score (nSPS) is 7.20. The van der Waals surface area contributed by atoms with Crippen LogP contribution in [-0.2, 0) is 0 Å². The Labute approximate surface area is 72.0 Å². The first-order valence-corrected chi connectivity index (χ1v) is 0.671. The quantitative estimate of drug-likeness (QED) is 0.220. The molecule has 5 heavy (non-hydrogen) atoms. The first kappa shape index (κ1) is 9.72. The van der Waals surface area contributed by atoms with Gasteiger partial charge in [-0.05, 0) is 0 Å². The zero-order valence-corrected chi connectivity index (χ0v) is 5.96. The van der Waals surface area contributed by atoms with E-state index in [9.17, 15) is 0 Å². The minimum Gasteiger partial charge on any atom is -0.511 e. The Morgan fingerprint density at radius 2 is 1.00 bits per heavy atom. The minimum atomic E-state index is -1.58. The van der Waals surface area contributed by atoms with Crippen molar-refractivity contribution in [3.05, 3.63) is 6.48 Å². The fraction of sp³-hybridized carbons (Fsp3) is 0. The van der Waals surface area contributed by atoms with Gasteiger partial charge in [-0.2, -0.15) is 0 Å². The van der Waals surface area contributed by atoms with Gasteiger partial charge >= 0.3 is 51.4 Å². The van der Waals surface area contributed by atoms with Crippen LogP contribution < -0.4 is 51.4 Å². The van der Waals surface area contributed by atoms with Crippen molar-refractivity contribution in [3.8, 4) is 0 Å². The van der Waals surface area contributed by atoms with Gasteiger partial charge in [-0.3, -0.25) is 0 Å². The summed E-state index contributed by atoms with van der Waals surface area (Å²) in [5.41, 5.74) is 0. The molecule has 0 bridgehead atoms. The molecule has 3 nitrogen and oxygen atoms in total. The first-order valence-electron chi connectivity index (χ1n) is 0.671. The third-order valence-electron chi connectivity index (χ3n) is 0. The first-order chi connectivity index (χ1) is 1.73. The largest absolute Gasteiger partial charge is 1.00 e.